The minimum Gasteiger partial charge on any atom is -0.489 e. The zero-order valence-electron chi connectivity index (χ0n) is 18.5. The van der Waals surface area contributed by atoms with Crippen LogP contribution < -0.4 is 15.4 Å². The van der Waals surface area contributed by atoms with E-state index in [9.17, 15) is 9.59 Å². The van der Waals surface area contributed by atoms with Gasteiger partial charge in [-0.15, -0.1) is 0 Å². The van der Waals surface area contributed by atoms with Crippen LogP contribution in [0.3, 0.4) is 0 Å². The summed E-state index contributed by atoms with van der Waals surface area (Å²) in [7, 11) is 0. The fourth-order valence-corrected chi connectivity index (χ4v) is 3.58. The van der Waals surface area contributed by atoms with Gasteiger partial charge in [0.25, 0.3) is 5.91 Å². The highest BCUT2D eigenvalue weighted by Gasteiger charge is 2.21. The number of anilines is 1. The smallest absolute Gasteiger partial charge is 0.287 e. The second kappa shape index (κ2) is 9.92. The number of nitrogens with zero attached hydrogens (tertiary/aromatic N) is 3. The van der Waals surface area contributed by atoms with E-state index in [2.05, 4.69) is 20.7 Å². The van der Waals surface area contributed by atoms with Crippen LogP contribution in [0.2, 0.25) is 0 Å². The lowest BCUT2D eigenvalue weighted by Gasteiger charge is -2.09. The van der Waals surface area contributed by atoms with E-state index in [0.717, 1.165) is 11.1 Å². The van der Waals surface area contributed by atoms with Crippen molar-refractivity contribution in [2.45, 2.75) is 6.61 Å². The van der Waals surface area contributed by atoms with Gasteiger partial charge in [-0.05, 0) is 42.5 Å². The van der Waals surface area contributed by atoms with Gasteiger partial charge in [-0.1, -0.05) is 36.4 Å². The number of fused-ring (bicyclic) bond motifs is 1. The number of ether oxygens (including phenoxy) is 1. The molecule has 0 radical (unpaired) electrons. The van der Waals surface area contributed by atoms with Crippen molar-refractivity contribution in [2.24, 2.45) is 0 Å². The predicted molar refractivity (Wildman–Crippen MR) is 129 cm³/mol. The summed E-state index contributed by atoms with van der Waals surface area (Å²) in [6.45, 7) is -0.0756. The maximum absolute atomic E-state index is 12.9. The van der Waals surface area contributed by atoms with E-state index in [4.69, 9.17) is 9.15 Å². The molecule has 2 amide bonds. The number of carbonyl (C=O) groups excluding carboxylic acids is 2. The van der Waals surface area contributed by atoms with Crippen molar-refractivity contribution in [3.05, 3.63) is 103 Å². The predicted octanol–water partition coefficient (Wildman–Crippen LogP) is 3.96. The average molecular weight is 467 g/mol. The van der Waals surface area contributed by atoms with Crippen LogP contribution in [-0.4, -0.2) is 33.1 Å². The standard InChI is InChI=1S/C26H21N5O4/c32-24(30-18-10-12-19(13-11-18)31-17-27-16-29-31)14-28-26(33)25-22(15-34-20-6-2-1-3-7-20)21-8-4-5-9-23(21)35-25/h1-13,16-17H,14-15H2,(H,28,33)(H,30,32). The van der Waals surface area contributed by atoms with E-state index in [-0.39, 0.29) is 24.8 Å². The third-order valence-electron chi connectivity index (χ3n) is 5.27. The zero-order chi connectivity index (χ0) is 24.0. The molecule has 3 aromatic carbocycles. The van der Waals surface area contributed by atoms with E-state index < -0.39 is 5.91 Å². The third-order valence-corrected chi connectivity index (χ3v) is 5.27. The van der Waals surface area contributed by atoms with Gasteiger partial charge in [-0.2, -0.15) is 5.10 Å². The first-order chi connectivity index (χ1) is 17.2. The summed E-state index contributed by atoms with van der Waals surface area (Å²) in [5.41, 5.74) is 2.59. The van der Waals surface area contributed by atoms with Gasteiger partial charge in [-0.3, -0.25) is 9.59 Å². The molecule has 2 N–H and O–H groups in total. The van der Waals surface area contributed by atoms with Crippen molar-refractivity contribution in [1.82, 2.24) is 20.1 Å². The summed E-state index contributed by atoms with van der Waals surface area (Å²) in [5, 5.41) is 10.2. The minimum absolute atomic E-state index is 0.118. The summed E-state index contributed by atoms with van der Waals surface area (Å²) in [6, 6.07) is 23.8. The molecule has 0 atom stereocenters. The second-order valence-electron chi connectivity index (χ2n) is 7.63. The molecule has 0 spiro atoms. The Morgan fingerprint density at radius 1 is 0.943 bits per heavy atom. The molecule has 35 heavy (non-hydrogen) atoms. The number of rotatable bonds is 8. The van der Waals surface area contributed by atoms with E-state index in [0.29, 0.717) is 22.6 Å². The highest BCUT2D eigenvalue weighted by Crippen LogP contribution is 2.27. The number of hydrogen-bond donors (Lipinski definition) is 2. The van der Waals surface area contributed by atoms with E-state index in [1.807, 2.05) is 48.5 Å². The van der Waals surface area contributed by atoms with Gasteiger partial charge in [0, 0.05) is 16.6 Å². The largest absolute Gasteiger partial charge is 0.489 e. The van der Waals surface area contributed by atoms with E-state index >= 15 is 0 Å². The van der Waals surface area contributed by atoms with Gasteiger partial charge in [0.2, 0.25) is 5.91 Å². The number of furan rings is 1. The minimum atomic E-state index is -0.496. The molecule has 0 unspecified atom stereocenters. The van der Waals surface area contributed by atoms with Crippen molar-refractivity contribution in [3.63, 3.8) is 0 Å². The van der Waals surface area contributed by atoms with Gasteiger partial charge < -0.3 is 19.8 Å². The molecule has 0 saturated heterocycles. The molecule has 0 saturated carbocycles. The Hall–Kier alpha value is -4.92. The number of amides is 2. The van der Waals surface area contributed by atoms with Crippen LogP contribution in [0.5, 0.6) is 5.75 Å². The van der Waals surface area contributed by atoms with E-state index in [1.165, 1.54) is 6.33 Å². The summed E-state index contributed by atoms with van der Waals surface area (Å²) >= 11 is 0. The second-order valence-corrected chi connectivity index (χ2v) is 7.63. The Balaban J connectivity index is 1.24. The molecule has 5 rings (SSSR count). The maximum atomic E-state index is 12.9. The van der Waals surface area contributed by atoms with Crippen LogP contribution in [-0.2, 0) is 11.4 Å². The molecular formula is C26H21N5O4. The number of benzene rings is 3. The molecule has 2 heterocycles. The summed E-state index contributed by atoms with van der Waals surface area (Å²) in [4.78, 5) is 29.3. The van der Waals surface area contributed by atoms with Crippen molar-refractivity contribution in [1.29, 1.82) is 0 Å². The fourth-order valence-electron chi connectivity index (χ4n) is 3.58. The molecular weight excluding hydrogens is 446 g/mol. The first-order valence-corrected chi connectivity index (χ1v) is 10.9. The first kappa shape index (κ1) is 21.9. The molecule has 0 bridgehead atoms. The number of nitrogens with one attached hydrogen (secondary N) is 2. The molecule has 9 heteroatoms. The van der Waals surface area contributed by atoms with Gasteiger partial charge >= 0.3 is 0 Å². The van der Waals surface area contributed by atoms with Gasteiger partial charge in [0.15, 0.2) is 5.76 Å². The fraction of sp³-hybridized carbons (Fsp3) is 0.0769. The number of carbonyl (C=O) groups is 2. The molecule has 0 aliphatic heterocycles. The van der Waals surface area contributed by atoms with Crippen molar-refractivity contribution in [2.75, 3.05) is 11.9 Å². The van der Waals surface area contributed by atoms with Crippen molar-refractivity contribution in [3.8, 4) is 11.4 Å². The lowest BCUT2D eigenvalue weighted by molar-refractivity contribution is -0.115. The molecule has 9 nitrogen and oxygen atoms in total. The SMILES string of the molecule is O=C(CNC(=O)c1oc2ccccc2c1COc1ccccc1)Nc1ccc(-n2cncn2)cc1. The quantitative estimate of drug-likeness (QED) is 0.357. The average Bonchev–Trinajstić information content (AvgIpc) is 3.56. The first-order valence-electron chi connectivity index (χ1n) is 10.9. The summed E-state index contributed by atoms with van der Waals surface area (Å²) in [6.07, 6.45) is 3.03. The summed E-state index contributed by atoms with van der Waals surface area (Å²) in [5.74, 6) is -0.0694. The van der Waals surface area contributed by atoms with E-state index in [1.54, 1.807) is 41.3 Å². The Labute approximate surface area is 200 Å². The van der Waals surface area contributed by atoms with Crippen LogP contribution in [0.15, 0.2) is 95.9 Å². The van der Waals surface area contributed by atoms with Crippen LogP contribution >= 0.6 is 0 Å². The van der Waals surface area contributed by atoms with Crippen LogP contribution in [0.1, 0.15) is 16.1 Å². The number of aromatic nitrogens is 3. The molecule has 0 aliphatic carbocycles. The number of hydrogen-bond acceptors (Lipinski definition) is 6. The van der Waals surface area contributed by atoms with Gasteiger partial charge in [0.1, 0.15) is 30.6 Å². The molecule has 0 fully saturated rings. The lowest BCUT2D eigenvalue weighted by Crippen LogP contribution is -2.33. The van der Waals surface area contributed by atoms with Gasteiger partial charge in [0.05, 0.1) is 12.2 Å². The van der Waals surface area contributed by atoms with Crippen molar-refractivity contribution < 1.29 is 18.7 Å². The molecule has 174 valence electrons. The Kier molecular flexibility index (Phi) is 6.21. The summed E-state index contributed by atoms with van der Waals surface area (Å²) < 4.78 is 13.3. The van der Waals surface area contributed by atoms with Crippen LogP contribution in [0.25, 0.3) is 16.7 Å². The molecule has 2 aromatic heterocycles. The maximum Gasteiger partial charge on any atom is 0.287 e. The zero-order valence-corrected chi connectivity index (χ0v) is 18.5. The Bertz CT molecular complexity index is 1440. The monoisotopic (exact) mass is 467 g/mol. The normalized spacial score (nSPS) is 10.7. The number of para-hydroxylation sites is 2. The lowest BCUT2D eigenvalue weighted by atomic mass is 10.1. The Morgan fingerprint density at radius 3 is 2.49 bits per heavy atom. The van der Waals surface area contributed by atoms with Gasteiger partial charge in [-0.25, -0.2) is 9.67 Å². The molecule has 5 aromatic rings. The Morgan fingerprint density at radius 2 is 1.71 bits per heavy atom. The van der Waals surface area contributed by atoms with Crippen molar-refractivity contribution >= 4 is 28.5 Å². The highest BCUT2D eigenvalue weighted by atomic mass is 16.5. The van der Waals surface area contributed by atoms with Crippen LogP contribution in [0.4, 0.5) is 5.69 Å². The third kappa shape index (κ3) is 5.03. The van der Waals surface area contributed by atoms with Crippen LogP contribution in [0, 0.1) is 0 Å². The topological polar surface area (TPSA) is 111 Å². The highest BCUT2D eigenvalue weighted by molar-refractivity contribution is 6.01. The molecule has 0 aliphatic rings.